The van der Waals surface area contributed by atoms with Crippen molar-refractivity contribution in [1.82, 2.24) is 19.1 Å². The van der Waals surface area contributed by atoms with Crippen LogP contribution in [-0.4, -0.2) is 19.1 Å². The van der Waals surface area contributed by atoms with Gasteiger partial charge in [-0.25, -0.2) is 4.98 Å². The topological polar surface area (TPSA) is 48.8 Å². The summed E-state index contributed by atoms with van der Waals surface area (Å²) in [7, 11) is 0. The molecule has 0 radical (unpaired) electrons. The van der Waals surface area contributed by atoms with Gasteiger partial charge in [-0.15, -0.1) is 0 Å². The summed E-state index contributed by atoms with van der Waals surface area (Å²) in [5, 5.41) is 2.30. The zero-order valence-electron chi connectivity index (χ0n) is 46.1. The smallest absolute Gasteiger partial charge is 0.271 e. The van der Waals surface area contributed by atoms with Crippen LogP contribution in [0.1, 0.15) is 31.9 Å². The maximum atomic E-state index is 6.88. The van der Waals surface area contributed by atoms with Crippen LogP contribution in [0.25, 0.3) is 117 Å². The highest BCUT2D eigenvalue weighted by Crippen LogP contribution is 2.42. The summed E-state index contributed by atoms with van der Waals surface area (Å²) in [6.45, 7) is 8.85. The highest BCUT2D eigenvalue weighted by Gasteiger charge is 2.24. The molecule has 0 fully saturated rings. The summed E-state index contributed by atoms with van der Waals surface area (Å²) >= 11 is 0. The average Bonchev–Trinajstić information content (AvgIpc) is 3.23. The van der Waals surface area contributed by atoms with Gasteiger partial charge < -0.3 is 4.74 Å². The number of pyridine rings is 2. The van der Waals surface area contributed by atoms with Crippen LogP contribution in [-0.2, 0) is 5.41 Å². The predicted molar refractivity (Wildman–Crippen MR) is 336 cm³/mol. The lowest BCUT2D eigenvalue weighted by atomic mass is 9.88. The molecule has 6 heteroatoms. The van der Waals surface area contributed by atoms with Gasteiger partial charge in [0.2, 0.25) is 0 Å². The van der Waals surface area contributed by atoms with E-state index in [-0.39, 0.29) is 5.41 Å². The van der Waals surface area contributed by atoms with Crippen molar-refractivity contribution in [3.8, 4) is 95.6 Å². The molecule has 0 N–H and O–H groups in total. The van der Waals surface area contributed by atoms with Gasteiger partial charge in [0.05, 0.1) is 27.8 Å². The Morgan fingerprint density at radius 2 is 0.902 bits per heavy atom. The Morgan fingerprint density at radius 1 is 0.390 bits per heavy atom. The van der Waals surface area contributed by atoms with Crippen LogP contribution >= 0.6 is 0 Å². The van der Waals surface area contributed by atoms with Gasteiger partial charge >= 0.3 is 0 Å². The fraction of sp³-hybridized carbons (Fsp3) is 0.0658. The van der Waals surface area contributed by atoms with E-state index in [1.165, 1.54) is 16.5 Å². The molecule has 0 spiro atoms. The first-order valence-electron chi connectivity index (χ1n) is 27.9. The molecule has 392 valence electrons. The highest BCUT2D eigenvalue weighted by molar-refractivity contribution is 6.10. The number of aryl methyl sites for hydroxylation is 1. The van der Waals surface area contributed by atoms with Crippen LogP contribution in [0.4, 0.5) is 0 Å². The van der Waals surface area contributed by atoms with Crippen LogP contribution in [0, 0.1) is 13.3 Å². The lowest BCUT2D eigenvalue weighted by molar-refractivity contribution is -0.571. The molecule has 0 aliphatic rings. The minimum atomic E-state index is -0.0457. The van der Waals surface area contributed by atoms with E-state index in [4.69, 9.17) is 14.7 Å². The molecule has 4 heterocycles. The van der Waals surface area contributed by atoms with Crippen molar-refractivity contribution in [2.24, 2.45) is 0 Å². The zero-order chi connectivity index (χ0) is 55.3. The Labute approximate surface area is 478 Å². The molecule has 10 aromatic carbocycles. The fourth-order valence-electron chi connectivity index (χ4n) is 11.6. The highest BCUT2D eigenvalue weighted by atomic mass is 16.5. The Balaban J connectivity index is 0.951. The van der Waals surface area contributed by atoms with Crippen molar-refractivity contribution >= 4 is 32.8 Å². The number of ether oxygens (including phenoxy) is 1. The van der Waals surface area contributed by atoms with Crippen molar-refractivity contribution in [1.29, 1.82) is 0 Å². The van der Waals surface area contributed by atoms with Gasteiger partial charge in [-0.1, -0.05) is 196 Å². The third-order valence-corrected chi connectivity index (χ3v) is 15.7. The molecule has 0 amide bonds. The first-order valence-corrected chi connectivity index (χ1v) is 27.9. The van der Waals surface area contributed by atoms with Gasteiger partial charge in [0.25, 0.3) is 6.33 Å². The molecule has 0 aliphatic heterocycles. The Morgan fingerprint density at radius 3 is 1.48 bits per heavy atom. The van der Waals surface area contributed by atoms with Crippen molar-refractivity contribution in [3.05, 3.63) is 291 Å². The molecule has 0 unspecified atom stereocenters. The standard InChI is InChI=1S/C76H57N5O/c1-51-32-35-69-68(40-51)67-34-33-63(48-72(67)81(69)74-47-62(36-38-78-74)76(2,3)4)82-64-37-39-77-73(49-64)79-50-80(71-31-18-17-30-70(71)79)75-65(60-43-56(52-20-9-5-10-21-52)41-57(44-60)53-22-11-6-12-23-53)28-19-29-66(75)61-45-58(54-24-13-7-14-25-54)42-59(46-61)55-26-15-8-16-27-55/h5-49H,1-4H3. The van der Waals surface area contributed by atoms with E-state index in [2.05, 4.69) is 296 Å². The summed E-state index contributed by atoms with van der Waals surface area (Å²) in [4.78, 5) is 9.99. The third-order valence-electron chi connectivity index (χ3n) is 15.7. The van der Waals surface area contributed by atoms with Crippen molar-refractivity contribution < 1.29 is 9.30 Å². The molecule has 0 saturated heterocycles. The summed E-state index contributed by atoms with van der Waals surface area (Å²) in [6, 6.07) is 93.1. The number of rotatable bonds is 11. The van der Waals surface area contributed by atoms with Gasteiger partial charge in [0.15, 0.2) is 5.82 Å². The SMILES string of the molecule is Cc1ccc2c(c1)c1ccc(Oc3ccnc(-n4[c-][n+](-c5c(-c6cc(-c7ccccc7)cc(-c7ccccc7)c6)cccc5-c5cc(-c6ccccc6)cc(-c6ccccc6)c5)c5ccccc54)c3)cc1n2-c1cc(C(C)(C)C)ccn1. The van der Waals surface area contributed by atoms with E-state index in [9.17, 15) is 0 Å². The lowest BCUT2D eigenvalue weighted by Crippen LogP contribution is -2.31. The van der Waals surface area contributed by atoms with E-state index in [1.807, 2.05) is 24.5 Å². The van der Waals surface area contributed by atoms with E-state index < -0.39 is 0 Å². The molecule has 82 heavy (non-hydrogen) atoms. The Bertz CT molecular complexity index is 4430. The molecule has 0 bridgehead atoms. The second kappa shape index (κ2) is 20.7. The quantitative estimate of drug-likeness (QED) is 0.0958. The van der Waals surface area contributed by atoms with E-state index in [0.717, 1.165) is 106 Å². The Hall–Kier alpha value is -10.4. The van der Waals surface area contributed by atoms with Crippen molar-refractivity contribution in [3.63, 3.8) is 0 Å². The number of benzene rings is 10. The fourth-order valence-corrected chi connectivity index (χ4v) is 11.6. The summed E-state index contributed by atoms with van der Waals surface area (Å²) in [5.41, 5.74) is 20.7. The number of imidazole rings is 1. The zero-order valence-corrected chi connectivity index (χ0v) is 46.1. The average molecular weight is 1060 g/mol. The van der Waals surface area contributed by atoms with Crippen molar-refractivity contribution in [2.45, 2.75) is 33.1 Å². The van der Waals surface area contributed by atoms with E-state index in [0.29, 0.717) is 17.3 Å². The molecule has 0 saturated carbocycles. The number of para-hydroxylation sites is 3. The molecule has 0 aliphatic carbocycles. The molecule has 14 rings (SSSR count). The molecular weight excluding hydrogens is 999 g/mol. The number of fused-ring (bicyclic) bond motifs is 4. The monoisotopic (exact) mass is 1060 g/mol. The van der Waals surface area contributed by atoms with Gasteiger partial charge in [-0.3, -0.25) is 18.7 Å². The molecular formula is C76H57N5O. The summed E-state index contributed by atoms with van der Waals surface area (Å²) in [5.74, 6) is 2.88. The lowest BCUT2D eigenvalue weighted by Gasteiger charge is -2.20. The minimum Gasteiger partial charge on any atom is -0.458 e. The second-order valence-corrected chi connectivity index (χ2v) is 22.2. The minimum absolute atomic E-state index is 0.0457. The van der Waals surface area contributed by atoms with E-state index >= 15 is 0 Å². The second-order valence-electron chi connectivity index (χ2n) is 22.2. The first-order chi connectivity index (χ1) is 40.2. The summed E-state index contributed by atoms with van der Waals surface area (Å²) < 4.78 is 13.4. The van der Waals surface area contributed by atoms with Gasteiger partial charge in [0, 0.05) is 35.3 Å². The van der Waals surface area contributed by atoms with Crippen molar-refractivity contribution in [2.75, 3.05) is 0 Å². The number of hydrogen-bond donors (Lipinski definition) is 0. The molecule has 0 atom stereocenters. The number of hydrogen-bond acceptors (Lipinski definition) is 3. The van der Waals surface area contributed by atoms with Crippen LogP contribution in [0.5, 0.6) is 11.5 Å². The number of aromatic nitrogens is 5. The maximum Gasteiger partial charge on any atom is 0.271 e. The predicted octanol–water partition coefficient (Wildman–Crippen LogP) is 19.0. The molecule has 6 nitrogen and oxygen atoms in total. The molecule has 14 aromatic rings. The van der Waals surface area contributed by atoms with Gasteiger partial charge in [0.1, 0.15) is 17.3 Å². The van der Waals surface area contributed by atoms with Gasteiger partial charge in [-0.2, -0.15) is 0 Å². The Kier molecular flexibility index (Phi) is 12.6. The largest absolute Gasteiger partial charge is 0.458 e. The summed E-state index contributed by atoms with van der Waals surface area (Å²) in [6.07, 6.45) is 7.64. The van der Waals surface area contributed by atoms with Gasteiger partial charge in [-0.05, 0) is 164 Å². The van der Waals surface area contributed by atoms with E-state index in [1.54, 1.807) is 0 Å². The normalized spacial score (nSPS) is 11.7. The first kappa shape index (κ1) is 49.8. The number of nitrogens with zero attached hydrogens (tertiary/aromatic N) is 5. The third kappa shape index (κ3) is 9.40. The van der Waals surface area contributed by atoms with Crippen LogP contribution < -0.4 is 9.30 Å². The van der Waals surface area contributed by atoms with Crippen LogP contribution in [0.3, 0.4) is 0 Å². The van der Waals surface area contributed by atoms with Crippen LogP contribution in [0.15, 0.2) is 273 Å². The molecule has 4 aromatic heterocycles. The van der Waals surface area contributed by atoms with Crippen LogP contribution in [0.2, 0.25) is 0 Å². The maximum absolute atomic E-state index is 6.88.